The Morgan fingerprint density at radius 1 is 0.867 bits per heavy atom. The minimum atomic E-state index is -0.274. The minimum Gasteiger partial charge on any atom is -0.457 e. The summed E-state index contributed by atoms with van der Waals surface area (Å²) >= 11 is 0. The Morgan fingerprint density at radius 3 is 2.10 bits per heavy atom. The number of urea groups is 1. The van der Waals surface area contributed by atoms with Crippen LogP contribution in [0.25, 0.3) is 0 Å². The fourth-order valence-corrected chi connectivity index (χ4v) is 4.14. The van der Waals surface area contributed by atoms with Gasteiger partial charge in [-0.25, -0.2) is 4.79 Å². The van der Waals surface area contributed by atoms with E-state index in [-0.39, 0.29) is 6.03 Å². The first kappa shape index (κ1) is 18.5. The topological polar surface area (TPSA) is 65.6 Å². The van der Waals surface area contributed by atoms with E-state index in [1.165, 1.54) is 12.1 Å². The molecular formula is C24H24N4O2. The van der Waals surface area contributed by atoms with Crippen molar-refractivity contribution in [2.24, 2.45) is 0 Å². The molecular weight excluding hydrogens is 376 g/mol. The smallest absolute Gasteiger partial charge is 0.323 e. The minimum absolute atomic E-state index is 0.274. The Morgan fingerprint density at radius 2 is 1.50 bits per heavy atom. The van der Waals surface area contributed by atoms with Crippen molar-refractivity contribution in [2.75, 3.05) is 28.6 Å². The zero-order chi connectivity index (χ0) is 20.3. The molecule has 5 rings (SSSR count). The van der Waals surface area contributed by atoms with Crippen molar-refractivity contribution in [3.63, 3.8) is 0 Å². The SMILES string of the molecule is O=C(Nc1ccc(Oc2ccccc2)cc1)Nc1ccc(N2CC3CC2CN3)cc1. The van der Waals surface area contributed by atoms with Gasteiger partial charge < -0.3 is 25.6 Å². The summed E-state index contributed by atoms with van der Waals surface area (Å²) in [5.74, 6) is 1.49. The lowest BCUT2D eigenvalue weighted by atomic mass is 10.2. The van der Waals surface area contributed by atoms with E-state index in [2.05, 4.69) is 33.0 Å². The third-order valence-corrected chi connectivity index (χ3v) is 5.60. The van der Waals surface area contributed by atoms with Gasteiger partial charge >= 0.3 is 6.03 Å². The number of nitrogens with zero attached hydrogens (tertiary/aromatic N) is 1. The predicted octanol–water partition coefficient (Wildman–Crippen LogP) is 4.67. The van der Waals surface area contributed by atoms with Crippen LogP contribution in [0.2, 0.25) is 0 Å². The molecule has 152 valence electrons. The van der Waals surface area contributed by atoms with E-state index in [1.54, 1.807) is 0 Å². The third kappa shape index (κ3) is 4.09. The molecule has 0 aliphatic carbocycles. The van der Waals surface area contributed by atoms with E-state index in [4.69, 9.17) is 4.74 Å². The van der Waals surface area contributed by atoms with Crippen molar-refractivity contribution in [1.82, 2.24) is 5.32 Å². The molecule has 2 heterocycles. The Bertz CT molecular complexity index is 1010. The second kappa shape index (κ2) is 8.08. The van der Waals surface area contributed by atoms with Gasteiger partial charge in [0.2, 0.25) is 0 Å². The van der Waals surface area contributed by atoms with Crippen LogP contribution in [-0.2, 0) is 0 Å². The molecule has 30 heavy (non-hydrogen) atoms. The fourth-order valence-electron chi connectivity index (χ4n) is 4.14. The number of piperazine rings is 1. The molecule has 2 aliphatic heterocycles. The lowest BCUT2D eigenvalue weighted by Crippen LogP contribution is -2.43. The summed E-state index contributed by atoms with van der Waals surface area (Å²) in [5, 5.41) is 9.25. The van der Waals surface area contributed by atoms with E-state index in [9.17, 15) is 4.79 Å². The van der Waals surface area contributed by atoms with Crippen LogP contribution in [0.5, 0.6) is 11.5 Å². The molecule has 2 saturated heterocycles. The van der Waals surface area contributed by atoms with Crippen LogP contribution in [-0.4, -0.2) is 31.2 Å². The van der Waals surface area contributed by atoms with Crippen LogP contribution >= 0.6 is 0 Å². The molecule has 0 aromatic heterocycles. The fraction of sp³-hybridized carbons (Fsp3) is 0.208. The van der Waals surface area contributed by atoms with E-state index >= 15 is 0 Å². The van der Waals surface area contributed by atoms with Crippen LogP contribution in [0.3, 0.4) is 0 Å². The van der Waals surface area contributed by atoms with Crippen molar-refractivity contribution < 1.29 is 9.53 Å². The van der Waals surface area contributed by atoms with E-state index < -0.39 is 0 Å². The molecule has 3 aromatic rings. The number of carbonyl (C=O) groups excluding carboxylic acids is 1. The normalized spacial score (nSPS) is 19.5. The molecule has 2 aliphatic rings. The van der Waals surface area contributed by atoms with Crippen LogP contribution in [0.1, 0.15) is 6.42 Å². The summed E-state index contributed by atoms with van der Waals surface area (Å²) in [6, 6.07) is 25.9. The molecule has 2 amide bonds. The second-order valence-corrected chi connectivity index (χ2v) is 7.71. The first-order chi connectivity index (χ1) is 14.7. The van der Waals surface area contributed by atoms with E-state index in [0.29, 0.717) is 23.5 Å². The number of para-hydroxylation sites is 1. The van der Waals surface area contributed by atoms with Crippen molar-refractivity contribution >= 4 is 23.1 Å². The average molecular weight is 400 g/mol. The maximum atomic E-state index is 12.3. The number of amides is 2. The van der Waals surface area contributed by atoms with Gasteiger partial charge in [0.05, 0.1) is 0 Å². The number of ether oxygens (including phenoxy) is 1. The van der Waals surface area contributed by atoms with Crippen LogP contribution in [0.4, 0.5) is 21.9 Å². The summed E-state index contributed by atoms with van der Waals surface area (Å²) in [7, 11) is 0. The number of hydrogen-bond acceptors (Lipinski definition) is 4. The van der Waals surface area contributed by atoms with Gasteiger partial charge in [0.15, 0.2) is 0 Å². The number of nitrogens with one attached hydrogen (secondary N) is 3. The first-order valence-electron chi connectivity index (χ1n) is 10.2. The van der Waals surface area contributed by atoms with Gasteiger partial charge in [0.25, 0.3) is 0 Å². The van der Waals surface area contributed by atoms with Crippen molar-refractivity contribution in [3.05, 3.63) is 78.9 Å². The molecule has 2 fully saturated rings. The number of rotatable bonds is 5. The molecule has 0 spiro atoms. The highest BCUT2D eigenvalue weighted by Gasteiger charge is 2.37. The number of fused-ring (bicyclic) bond motifs is 2. The third-order valence-electron chi connectivity index (χ3n) is 5.60. The summed E-state index contributed by atoms with van der Waals surface area (Å²) in [5.41, 5.74) is 2.68. The van der Waals surface area contributed by atoms with Gasteiger partial charge in [-0.1, -0.05) is 18.2 Å². The molecule has 2 atom stereocenters. The highest BCUT2D eigenvalue weighted by molar-refractivity contribution is 5.99. The van der Waals surface area contributed by atoms with Crippen LogP contribution in [0, 0.1) is 0 Å². The van der Waals surface area contributed by atoms with E-state index in [0.717, 1.165) is 24.5 Å². The molecule has 6 nitrogen and oxygen atoms in total. The average Bonchev–Trinajstić information content (AvgIpc) is 3.40. The van der Waals surface area contributed by atoms with Gasteiger partial charge in [-0.2, -0.15) is 0 Å². The highest BCUT2D eigenvalue weighted by Crippen LogP contribution is 2.30. The lowest BCUT2D eigenvalue weighted by Gasteiger charge is -2.29. The summed E-state index contributed by atoms with van der Waals surface area (Å²) < 4.78 is 5.77. The van der Waals surface area contributed by atoms with Gasteiger partial charge in [0.1, 0.15) is 11.5 Å². The molecule has 3 aromatic carbocycles. The summed E-state index contributed by atoms with van der Waals surface area (Å²) in [6.45, 7) is 2.12. The molecule has 6 heteroatoms. The standard InChI is InChI=1S/C24H24N4O2/c29-24(27-18-8-12-23(13-9-18)30-22-4-2-1-3-5-22)26-17-6-10-20(11-7-17)28-16-19-14-21(28)15-25-19/h1-13,19,21,25H,14-16H2,(H2,26,27,29). The number of anilines is 3. The summed E-state index contributed by atoms with van der Waals surface area (Å²) in [6.07, 6.45) is 1.22. The van der Waals surface area contributed by atoms with Crippen molar-refractivity contribution in [2.45, 2.75) is 18.5 Å². The van der Waals surface area contributed by atoms with Crippen LogP contribution in [0.15, 0.2) is 78.9 Å². The zero-order valence-electron chi connectivity index (χ0n) is 16.5. The monoisotopic (exact) mass is 400 g/mol. The quantitative estimate of drug-likeness (QED) is 0.582. The molecule has 2 unspecified atom stereocenters. The van der Waals surface area contributed by atoms with Crippen LogP contribution < -0.4 is 25.6 Å². The second-order valence-electron chi connectivity index (χ2n) is 7.71. The molecule has 3 N–H and O–H groups in total. The molecule has 0 saturated carbocycles. The first-order valence-corrected chi connectivity index (χ1v) is 10.2. The van der Waals surface area contributed by atoms with Crippen molar-refractivity contribution in [1.29, 1.82) is 0 Å². The van der Waals surface area contributed by atoms with Gasteiger partial charge in [-0.3, -0.25) is 0 Å². The number of benzene rings is 3. The highest BCUT2D eigenvalue weighted by atomic mass is 16.5. The lowest BCUT2D eigenvalue weighted by molar-refractivity contribution is 0.262. The maximum absolute atomic E-state index is 12.3. The zero-order valence-corrected chi connectivity index (χ0v) is 16.5. The number of carbonyl (C=O) groups is 1. The predicted molar refractivity (Wildman–Crippen MR) is 120 cm³/mol. The van der Waals surface area contributed by atoms with Gasteiger partial charge in [-0.15, -0.1) is 0 Å². The Kier molecular flexibility index (Phi) is 4.99. The molecule has 2 bridgehead atoms. The Hall–Kier alpha value is -3.51. The van der Waals surface area contributed by atoms with Crippen molar-refractivity contribution in [3.8, 4) is 11.5 Å². The summed E-state index contributed by atoms with van der Waals surface area (Å²) in [4.78, 5) is 14.8. The largest absolute Gasteiger partial charge is 0.457 e. The maximum Gasteiger partial charge on any atom is 0.323 e. The Balaban J connectivity index is 1.15. The number of hydrogen-bond donors (Lipinski definition) is 3. The Labute approximate surface area is 175 Å². The van der Waals surface area contributed by atoms with Gasteiger partial charge in [-0.05, 0) is 67.1 Å². The van der Waals surface area contributed by atoms with E-state index in [1.807, 2.05) is 66.7 Å². The van der Waals surface area contributed by atoms with Gasteiger partial charge in [0, 0.05) is 42.2 Å². The molecule has 0 radical (unpaired) electrons.